The average molecular weight is 321 g/mol. The first-order valence-corrected chi connectivity index (χ1v) is 7.48. The molecule has 3 aromatic rings. The van der Waals surface area contributed by atoms with Crippen LogP contribution in [0.15, 0.2) is 47.6 Å². The average Bonchev–Trinajstić information content (AvgIpc) is 3.02. The molecule has 0 atom stereocenters. The van der Waals surface area contributed by atoms with Gasteiger partial charge in [-0.15, -0.1) is 0 Å². The minimum Gasteiger partial charge on any atom is -0.508 e. The second-order valence-electron chi connectivity index (χ2n) is 5.50. The SMILES string of the molecule is Cc1cc(N/N=C/c2ccc(O)cc2)c2cc3c(cc2n1)OCO3. The quantitative estimate of drug-likeness (QED) is 0.571. The molecular formula is C18H15N3O3. The lowest BCUT2D eigenvalue weighted by atomic mass is 10.1. The van der Waals surface area contributed by atoms with Gasteiger partial charge in [0.15, 0.2) is 11.5 Å². The maximum absolute atomic E-state index is 9.30. The summed E-state index contributed by atoms with van der Waals surface area (Å²) < 4.78 is 10.8. The summed E-state index contributed by atoms with van der Waals surface area (Å²) in [6, 6.07) is 12.5. The lowest BCUT2D eigenvalue weighted by molar-refractivity contribution is 0.174. The van der Waals surface area contributed by atoms with Gasteiger partial charge in [-0.25, -0.2) is 0 Å². The number of benzene rings is 2. The second-order valence-corrected chi connectivity index (χ2v) is 5.50. The summed E-state index contributed by atoms with van der Waals surface area (Å²) in [6.45, 7) is 2.16. The number of fused-ring (bicyclic) bond motifs is 2. The van der Waals surface area contributed by atoms with Gasteiger partial charge in [0, 0.05) is 17.1 Å². The summed E-state index contributed by atoms with van der Waals surface area (Å²) in [5.74, 6) is 1.64. The number of aromatic nitrogens is 1. The molecule has 2 aromatic carbocycles. The molecule has 0 fully saturated rings. The molecule has 0 amide bonds. The molecule has 4 rings (SSSR count). The number of nitrogens with one attached hydrogen (secondary N) is 1. The first-order chi connectivity index (χ1) is 11.7. The molecule has 0 spiro atoms. The highest BCUT2D eigenvalue weighted by Gasteiger charge is 2.16. The van der Waals surface area contributed by atoms with Gasteiger partial charge in [0.2, 0.25) is 6.79 Å². The van der Waals surface area contributed by atoms with Crippen molar-refractivity contribution in [1.82, 2.24) is 4.98 Å². The Labute approximate surface area is 138 Å². The molecule has 0 saturated carbocycles. The van der Waals surface area contributed by atoms with Crippen LogP contribution in [0.25, 0.3) is 10.9 Å². The summed E-state index contributed by atoms with van der Waals surface area (Å²) in [6.07, 6.45) is 1.69. The Balaban J connectivity index is 1.67. The molecule has 0 aliphatic carbocycles. The third-order valence-corrected chi connectivity index (χ3v) is 3.72. The van der Waals surface area contributed by atoms with Crippen LogP contribution in [0.1, 0.15) is 11.3 Å². The van der Waals surface area contributed by atoms with Crippen molar-refractivity contribution in [2.75, 3.05) is 12.2 Å². The van der Waals surface area contributed by atoms with Crippen LogP contribution >= 0.6 is 0 Å². The topological polar surface area (TPSA) is 76.0 Å². The van der Waals surface area contributed by atoms with Gasteiger partial charge in [0.05, 0.1) is 17.4 Å². The molecule has 0 bridgehead atoms. The van der Waals surface area contributed by atoms with Crippen LogP contribution < -0.4 is 14.9 Å². The molecule has 0 radical (unpaired) electrons. The lowest BCUT2D eigenvalue weighted by Gasteiger charge is -2.08. The maximum atomic E-state index is 9.30. The number of phenols is 1. The largest absolute Gasteiger partial charge is 0.508 e. The third-order valence-electron chi connectivity index (χ3n) is 3.72. The first-order valence-electron chi connectivity index (χ1n) is 7.48. The molecule has 6 nitrogen and oxygen atoms in total. The molecular weight excluding hydrogens is 306 g/mol. The minimum atomic E-state index is 0.229. The Morgan fingerprint density at radius 2 is 1.88 bits per heavy atom. The second kappa shape index (κ2) is 5.73. The number of aromatic hydroxyl groups is 1. The van der Waals surface area contributed by atoms with E-state index in [4.69, 9.17) is 9.47 Å². The van der Waals surface area contributed by atoms with Crippen molar-refractivity contribution in [2.24, 2.45) is 5.10 Å². The fourth-order valence-corrected chi connectivity index (χ4v) is 2.58. The maximum Gasteiger partial charge on any atom is 0.231 e. The van der Waals surface area contributed by atoms with E-state index >= 15 is 0 Å². The molecule has 2 N–H and O–H groups in total. The van der Waals surface area contributed by atoms with Crippen molar-refractivity contribution in [3.05, 3.63) is 53.7 Å². The number of hydrogen-bond acceptors (Lipinski definition) is 6. The zero-order valence-corrected chi connectivity index (χ0v) is 13.0. The van der Waals surface area contributed by atoms with Crippen LogP contribution in [0.3, 0.4) is 0 Å². The first kappa shape index (κ1) is 14.3. The van der Waals surface area contributed by atoms with E-state index in [2.05, 4.69) is 15.5 Å². The molecule has 120 valence electrons. The predicted octanol–water partition coefficient (Wildman–Crippen LogP) is 3.42. The van der Waals surface area contributed by atoms with Gasteiger partial charge >= 0.3 is 0 Å². The van der Waals surface area contributed by atoms with Crippen molar-refractivity contribution < 1.29 is 14.6 Å². The van der Waals surface area contributed by atoms with Gasteiger partial charge in [-0.05, 0) is 48.9 Å². The molecule has 0 unspecified atom stereocenters. The minimum absolute atomic E-state index is 0.229. The van der Waals surface area contributed by atoms with Crippen molar-refractivity contribution in [1.29, 1.82) is 0 Å². The van der Waals surface area contributed by atoms with Crippen molar-refractivity contribution in [2.45, 2.75) is 6.92 Å². The highest BCUT2D eigenvalue weighted by molar-refractivity contribution is 5.94. The molecule has 24 heavy (non-hydrogen) atoms. The van der Waals surface area contributed by atoms with E-state index in [1.165, 1.54) is 0 Å². The summed E-state index contributed by atoms with van der Waals surface area (Å²) in [7, 11) is 0. The number of anilines is 1. The number of ether oxygens (including phenoxy) is 2. The fourth-order valence-electron chi connectivity index (χ4n) is 2.58. The standard InChI is InChI=1S/C18H15N3O3/c1-11-6-16(21-19-9-12-2-4-13(22)5-3-12)14-7-17-18(24-10-23-17)8-15(14)20-11/h2-9,22H,10H2,1H3,(H,20,21)/b19-9+. The van der Waals surface area contributed by atoms with Crippen molar-refractivity contribution >= 4 is 22.8 Å². The van der Waals surface area contributed by atoms with E-state index in [0.29, 0.717) is 11.5 Å². The number of nitrogens with zero attached hydrogens (tertiary/aromatic N) is 2. The monoisotopic (exact) mass is 321 g/mol. The van der Waals surface area contributed by atoms with E-state index in [9.17, 15) is 5.11 Å². The van der Waals surface area contributed by atoms with Crippen LogP contribution in [0.5, 0.6) is 17.2 Å². The van der Waals surface area contributed by atoms with E-state index in [1.54, 1.807) is 30.5 Å². The molecule has 2 heterocycles. The van der Waals surface area contributed by atoms with Gasteiger partial charge < -0.3 is 14.6 Å². The van der Waals surface area contributed by atoms with E-state index in [1.807, 2.05) is 25.1 Å². The smallest absolute Gasteiger partial charge is 0.231 e. The summed E-state index contributed by atoms with van der Waals surface area (Å²) in [5.41, 5.74) is 6.47. The number of rotatable bonds is 3. The Morgan fingerprint density at radius 3 is 2.67 bits per heavy atom. The van der Waals surface area contributed by atoms with Gasteiger partial charge in [0.1, 0.15) is 5.75 Å². The Bertz CT molecular complexity index is 936. The molecule has 1 aromatic heterocycles. The summed E-state index contributed by atoms with van der Waals surface area (Å²) >= 11 is 0. The van der Waals surface area contributed by atoms with E-state index < -0.39 is 0 Å². The van der Waals surface area contributed by atoms with E-state index in [0.717, 1.165) is 27.8 Å². The number of hydrazone groups is 1. The van der Waals surface area contributed by atoms with Crippen molar-refractivity contribution in [3.63, 3.8) is 0 Å². The highest BCUT2D eigenvalue weighted by atomic mass is 16.7. The molecule has 1 aliphatic rings. The van der Waals surface area contributed by atoms with Crippen LogP contribution in [0.2, 0.25) is 0 Å². The van der Waals surface area contributed by atoms with Crippen LogP contribution in [-0.2, 0) is 0 Å². The van der Waals surface area contributed by atoms with Gasteiger partial charge in [-0.3, -0.25) is 10.4 Å². The third kappa shape index (κ3) is 2.69. The summed E-state index contributed by atoms with van der Waals surface area (Å²) in [5, 5.41) is 14.5. The molecule has 0 saturated heterocycles. The Kier molecular flexibility index (Phi) is 3.42. The number of pyridine rings is 1. The van der Waals surface area contributed by atoms with Crippen LogP contribution in [-0.4, -0.2) is 23.1 Å². The van der Waals surface area contributed by atoms with Crippen LogP contribution in [0, 0.1) is 6.92 Å². The zero-order chi connectivity index (χ0) is 16.5. The molecule has 1 aliphatic heterocycles. The highest BCUT2D eigenvalue weighted by Crippen LogP contribution is 2.38. The normalized spacial score (nSPS) is 12.9. The Morgan fingerprint density at radius 1 is 1.12 bits per heavy atom. The number of phenolic OH excluding ortho intramolecular Hbond substituents is 1. The summed E-state index contributed by atoms with van der Waals surface area (Å²) in [4.78, 5) is 4.53. The lowest BCUT2D eigenvalue weighted by Crippen LogP contribution is -1.95. The van der Waals surface area contributed by atoms with Crippen molar-refractivity contribution in [3.8, 4) is 17.2 Å². The Hall–Kier alpha value is -3.28. The zero-order valence-electron chi connectivity index (χ0n) is 13.0. The van der Waals surface area contributed by atoms with Gasteiger partial charge in [-0.1, -0.05) is 0 Å². The number of aryl methyl sites for hydroxylation is 1. The van der Waals surface area contributed by atoms with Gasteiger partial charge in [-0.2, -0.15) is 5.10 Å². The fraction of sp³-hybridized carbons (Fsp3) is 0.111. The van der Waals surface area contributed by atoms with E-state index in [-0.39, 0.29) is 12.5 Å². The van der Waals surface area contributed by atoms with Crippen LogP contribution in [0.4, 0.5) is 5.69 Å². The number of hydrogen-bond donors (Lipinski definition) is 2. The predicted molar refractivity (Wildman–Crippen MR) is 91.9 cm³/mol. The molecule has 6 heteroatoms. The van der Waals surface area contributed by atoms with Gasteiger partial charge in [0.25, 0.3) is 0 Å².